The van der Waals surface area contributed by atoms with Crippen molar-refractivity contribution in [2.45, 2.75) is 25.2 Å². The normalized spacial score (nSPS) is 11.6. The van der Waals surface area contributed by atoms with Gasteiger partial charge < -0.3 is 14.6 Å². The first-order valence-corrected chi connectivity index (χ1v) is 8.88. The van der Waals surface area contributed by atoms with E-state index in [-0.39, 0.29) is 11.4 Å². The van der Waals surface area contributed by atoms with Gasteiger partial charge in [-0.2, -0.15) is 4.31 Å². The largest absolute Gasteiger partial charge is 0.491 e. The number of benzene rings is 1. The minimum absolute atomic E-state index is 0.0457. The zero-order valence-corrected chi connectivity index (χ0v) is 14.2. The summed E-state index contributed by atoms with van der Waals surface area (Å²) in [5, 5.41) is 8.87. The second-order valence-corrected chi connectivity index (χ2v) is 6.69. The van der Waals surface area contributed by atoms with Gasteiger partial charge in [0.05, 0.1) is 11.5 Å². The van der Waals surface area contributed by atoms with E-state index >= 15 is 0 Å². The van der Waals surface area contributed by atoms with Crippen LogP contribution in [-0.2, 0) is 19.6 Å². The van der Waals surface area contributed by atoms with Gasteiger partial charge in [0.1, 0.15) is 18.9 Å². The number of carbonyl (C=O) groups is 1. The molecule has 0 aliphatic carbocycles. The molecule has 8 heteroatoms. The summed E-state index contributed by atoms with van der Waals surface area (Å²) >= 11 is 0. The standard InChI is InChI=1S/C15H23NO6S/c1-3-9-16(12-15(17)18)23(19,20)14-7-5-13(6-8-14)22-11-10-21-4-2/h5-8H,3-4,9-12H2,1-2H3,(H,17,18). The molecule has 0 spiro atoms. The molecule has 1 aromatic rings. The molecule has 1 rings (SSSR count). The molecule has 23 heavy (non-hydrogen) atoms. The van der Waals surface area contributed by atoms with Gasteiger partial charge in [-0.3, -0.25) is 4.79 Å². The monoisotopic (exact) mass is 345 g/mol. The maximum atomic E-state index is 12.5. The van der Waals surface area contributed by atoms with Crippen LogP contribution in [0.5, 0.6) is 5.75 Å². The molecule has 0 aliphatic heterocycles. The van der Waals surface area contributed by atoms with Gasteiger partial charge in [0.25, 0.3) is 0 Å². The fourth-order valence-corrected chi connectivity index (χ4v) is 3.39. The lowest BCUT2D eigenvalue weighted by Crippen LogP contribution is -2.36. The van der Waals surface area contributed by atoms with Crippen LogP contribution in [0.15, 0.2) is 29.2 Å². The average molecular weight is 345 g/mol. The maximum Gasteiger partial charge on any atom is 0.318 e. The minimum atomic E-state index is -3.83. The highest BCUT2D eigenvalue weighted by molar-refractivity contribution is 7.89. The molecule has 7 nitrogen and oxygen atoms in total. The lowest BCUT2D eigenvalue weighted by molar-refractivity contribution is -0.137. The SMILES string of the molecule is CCCN(CC(=O)O)S(=O)(=O)c1ccc(OCCOCC)cc1. The van der Waals surface area contributed by atoms with E-state index in [0.717, 1.165) is 4.31 Å². The van der Waals surface area contributed by atoms with Crippen LogP contribution in [0.1, 0.15) is 20.3 Å². The van der Waals surface area contributed by atoms with Crippen molar-refractivity contribution >= 4 is 16.0 Å². The zero-order valence-electron chi connectivity index (χ0n) is 13.4. The van der Waals surface area contributed by atoms with Gasteiger partial charge in [0.2, 0.25) is 10.0 Å². The van der Waals surface area contributed by atoms with Gasteiger partial charge in [-0.15, -0.1) is 0 Å². The van der Waals surface area contributed by atoms with Gasteiger partial charge in [0, 0.05) is 13.2 Å². The second-order valence-electron chi connectivity index (χ2n) is 4.75. The summed E-state index contributed by atoms with van der Waals surface area (Å²) in [6, 6.07) is 5.92. The van der Waals surface area contributed by atoms with Crippen molar-refractivity contribution in [3.8, 4) is 5.75 Å². The van der Waals surface area contributed by atoms with Gasteiger partial charge >= 0.3 is 5.97 Å². The van der Waals surface area contributed by atoms with Crippen LogP contribution in [-0.4, -0.2) is 56.7 Å². The number of hydrogen-bond acceptors (Lipinski definition) is 5. The molecule has 130 valence electrons. The number of rotatable bonds is 11. The van der Waals surface area contributed by atoms with Crippen molar-refractivity contribution in [1.82, 2.24) is 4.31 Å². The Morgan fingerprint density at radius 2 is 1.83 bits per heavy atom. The number of sulfonamides is 1. The predicted octanol–water partition coefficient (Wildman–Crippen LogP) is 1.59. The fourth-order valence-electron chi connectivity index (χ4n) is 1.90. The second kappa shape index (κ2) is 9.49. The third-order valence-corrected chi connectivity index (χ3v) is 4.81. The van der Waals surface area contributed by atoms with Crippen molar-refractivity contribution in [3.63, 3.8) is 0 Å². The van der Waals surface area contributed by atoms with Crippen molar-refractivity contribution in [3.05, 3.63) is 24.3 Å². The molecular weight excluding hydrogens is 322 g/mol. The molecule has 0 amide bonds. The summed E-state index contributed by atoms with van der Waals surface area (Å²) in [7, 11) is -3.83. The van der Waals surface area contributed by atoms with Gasteiger partial charge in [-0.25, -0.2) is 8.42 Å². The number of nitrogens with zero attached hydrogens (tertiary/aromatic N) is 1. The van der Waals surface area contributed by atoms with Crippen molar-refractivity contribution < 1.29 is 27.8 Å². The lowest BCUT2D eigenvalue weighted by atomic mass is 10.3. The van der Waals surface area contributed by atoms with Crippen LogP contribution in [0.4, 0.5) is 0 Å². The highest BCUT2D eigenvalue weighted by atomic mass is 32.2. The molecule has 0 saturated carbocycles. The Balaban J connectivity index is 2.80. The highest BCUT2D eigenvalue weighted by Gasteiger charge is 2.25. The van der Waals surface area contributed by atoms with E-state index in [0.29, 0.717) is 32.0 Å². The molecule has 0 heterocycles. The van der Waals surface area contributed by atoms with Crippen molar-refractivity contribution in [2.75, 3.05) is 32.9 Å². The van der Waals surface area contributed by atoms with E-state index in [4.69, 9.17) is 14.6 Å². The third-order valence-electron chi connectivity index (χ3n) is 2.95. The molecule has 1 aromatic carbocycles. The van der Waals surface area contributed by atoms with Crippen molar-refractivity contribution in [1.29, 1.82) is 0 Å². The van der Waals surface area contributed by atoms with E-state index in [1.807, 2.05) is 6.92 Å². The van der Waals surface area contributed by atoms with Crippen LogP contribution in [0.2, 0.25) is 0 Å². The summed E-state index contributed by atoms with van der Waals surface area (Å²) in [4.78, 5) is 10.9. The summed E-state index contributed by atoms with van der Waals surface area (Å²) in [6.45, 7) is 4.72. The Bertz CT molecular complexity index is 584. The molecule has 0 atom stereocenters. The lowest BCUT2D eigenvalue weighted by Gasteiger charge is -2.19. The maximum absolute atomic E-state index is 12.5. The summed E-state index contributed by atoms with van der Waals surface area (Å²) < 4.78 is 36.5. The topological polar surface area (TPSA) is 93.1 Å². The van der Waals surface area contributed by atoms with E-state index in [1.54, 1.807) is 19.1 Å². The molecule has 0 aliphatic rings. The molecule has 0 fully saturated rings. The Kier molecular flexibility index (Phi) is 8.01. The molecule has 0 aromatic heterocycles. The van der Waals surface area contributed by atoms with Crippen molar-refractivity contribution in [2.24, 2.45) is 0 Å². The third kappa shape index (κ3) is 6.17. The van der Waals surface area contributed by atoms with E-state index in [2.05, 4.69) is 0 Å². The van der Waals surface area contributed by atoms with Gasteiger partial charge in [-0.05, 0) is 37.6 Å². The minimum Gasteiger partial charge on any atom is -0.491 e. The van der Waals surface area contributed by atoms with E-state index in [9.17, 15) is 13.2 Å². The molecule has 0 radical (unpaired) electrons. The first kappa shape index (κ1) is 19.4. The Morgan fingerprint density at radius 1 is 1.17 bits per heavy atom. The number of carboxylic acids is 1. The van der Waals surface area contributed by atoms with Crippen LogP contribution < -0.4 is 4.74 Å². The number of carboxylic acid groups (broad SMARTS) is 1. The number of ether oxygens (including phenoxy) is 2. The average Bonchev–Trinajstić information content (AvgIpc) is 2.51. The summed E-state index contributed by atoms with van der Waals surface area (Å²) in [6.07, 6.45) is 0.533. The van der Waals surface area contributed by atoms with E-state index < -0.39 is 22.5 Å². The molecule has 1 N–H and O–H groups in total. The Labute approximate surface area is 136 Å². The van der Waals surface area contributed by atoms with Crippen LogP contribution in [0.25, 0.3) is 0 Å². The fraction of sp³-hybridized carbons (Fsp3) is 0.533. The summed E-state index contributed by atoms with van der Waals surface area (Å²) in [5.41, 5.74) is 0. The van der Waals surface area contributed by atoms with Gasteiger partial charge in [0.15, 0.2) is 0 Å². The van der Waals surface area contributed by atoms with Crippen LogP contribution >= 0.6 is 0 Å². The van der Waals surface area contributed by atoms with Crippen LogP contribution in [0.3, 0.4) is 0 Å². The molecule has 0 saturated heterocycles. The number of aliphatic carboxylic acids is 1. The van der Waals surface area contributed by atoms with E-state index in [1.165, 1.54) is 12.1 Å². The predicted molar refractivity (Wildman–Crippen MR) is 85.1 cm³/mol. The molecule has 0 bridgehead atoms. The Morgan fingerprint density at radius 3 is 2.35 bits per heavy atom. The first-order chi connectivity index (χ1) is 10.9. The molecular formula is C15H23NO6S. The summed E-state index contributed by atoms with van der Waals surface area (Å²) in [5.74, 6) is -0.651. The first-order valence-electron chi connectivity index (χ1n) is 7.44. The Hall–Kier alpha value is -1.64. The number of hydrogen-bond donors (Lipinski definition) is 1. The van der Waals surface area contributed by atoms with Crippen LogP contribution in [0, 0.1) is 0 Å². The quantitative estimate of drug-likeness (QED) is 0.612. The highest BCUT2D eigenvalue weighted by Crippen LogP contribution is 2.20. The smallest absolute Gasteiger partial charge is 0.318 e. The van der Waals surface area contributed by atoms with Gasteiger partial charge in [-0.1, -0.05) is 6.92 Å². The zero-order chi connectivity index (χ0) is 17.3. The molecule has 0 unspecified atom stereocenters.